The van der Waals surface area contributed by atoms with Crippen LogP contribution in [-0.2, 0) is 4.79 Å². The second kappa shape index (κ2) is 10.2. The fourth-order valence-corrected chi connectivity index (χ4v) is 4.81. The molecule has 168 valence electrons. The Morgan fingerprint density at radius 1 is 1.32 bits per heavy atom. The van der Waals surface area contributed by atoms with Gasteiger partial charge < -0.3 is 25.2 Å². The third-order valence-electron chi connectivity index (χ3n) is 5.58. The Morgan fingerprint density at radius 3 is 2.87 bits per heavy atom. The van der Waals surface area contributed by atoms with Crippen LogP contribution in [0.5, 0.6) is 11.5 Å². The van der Waals surface area contributed by atoms with Gasteiger partial charge in [0.2, 0.25) is 5.91 Å². The highest BCUT2D eigenvalue weighted by Crippen LogP contribution is 2.34. The molecule has 2 aliphatic rings. The average molecular weight is 466 g/mol. The number of rotatable bonds is 7. The van der Waals surface area contributed by atoms with Gasteiger partial charge in [-0.05, 0) is 48.9 Å². The minimum absolute atomic E-state index is 0.0264. The number of halogens is 1. The van der Waals surface area contributed by atoms with Crippen LogP contribution in [-0.4, -0.2) is 66.9 Å². The van der Waals surface area contributed by atoms with Crippen LogP contribution in [0.3, 0.4) is 0 Å². The first-order chi connectivity index (χ1) is 15.0. The largest absolute Gasteiger partial charge is 0.486 e. The zero-order valence-electron chi connectivity index (χ0n) is 17.5. The Hall–Kier alpha value is -1.84. The number of hydrogen-bond acceptors (Lipinski definition) is 7. The molecular weight excluding hydrogens is 438 g/mol. The summed E-state index contributed by atoms with van der Waals surface area (Å²) in [5, 5.41) is 20.4. The molecule has 1 saturated heterocycles. The van der Waals surface area contributed by atoms with E-state index in [4.69, 9.17) is 21.1 Å². The second-order valence-electron chi connectivity index (χ2n) is 8.12. The van der Waals surface area contributed by atoms with Crippen LogP contribution in [0.25, 0.3) is 0 Å². The summed E-state index contributed by atoms with van der Waals surface area (Å²) in [5.74, 6) is 1.23. The molecule has 0 saturated carbocycles. The van der Waals surface area contributed by atoms with Crippen molar-refractivity contribution in [1.29, 1.82) is 0 Å². The van der Waals surface area contributed by atoms with Gasteiger partial charge in [0.1, 0.15) is 12.7 Å². The van der Waals surface area contributed by atoms with Crippen molar-refractivity contribution in [3.05, 3.63) is 40.2 Å². The van der Waals surface area contributed by atoms with Crippen molar-refractivity contribution in [1.82, 2.24) is 10.2 Å². The molecule has 0 aliphatic carbocycles. The first-order valence-electron chi connectivity index (χ1n) is 10.5. The number of hydrogen-bond donors (Lipinski definition) is 3. The first-order valence-corrected chi connectivity index (χ1v) is 11.8. The van der Waals surface area contributed by atoms with Gasteiger partial charge in [-0.15, -0.1) is 11.3 Å². The number of aliphatic hydroxyl groups is 1. The molecule has 1 aromatic carbocycles. The van der Waals surface area contributed by atoms with Crippen molar-refractivity contribution < 1.29 is 19.4 Å². The quantitative estimate of drug-likeness (QED) is 0.583. The van der Waals surface area contributed by atoms with Crippen molar-refractivity contribution in [2.45, 2.75) is 38.0 Å². The number of benzene rings is 1. The third kappa shape index (κ3) is 6.11. The van der Waals surface area contributed by atoms with Crippen molar-refractivity contribution in [3.8, 4) is 11.5 Å². The molecule has 2 aromatic rings. The Labute approximate surface area is 191 Å². The van der Waals surface area contributed by atoms with Gasteiger partial charge in [-0.2, -0.15) is 0 Å². The fraction of sp³-hybridized carbons (Fsp3) is 0.500. The number of carbonyl (C=O) groups is 1. The number of ether oxygens (including phenoxy) is 2. The Bertz CT molecular complexity index is 901. The fourth-order valence-electron chi connectivity index (χ4n) is 3.84. The number of carbonyl (C=O) groups excluding carboxylic acids is 1. The maximum Gasteiger partial charge on any atom is 0.239 e. The lowest BCUT2D eigenvalue weighted by molar-refractivity contribution is -0.117. The summed E-state index contributed by atoms with van der Waals surface area (Å²) in [6, 6.07) is 7.52. The summed E-state index contributed by atoms with van der Waals surface area (Å²) in [7, 11) is 0. The number of nitrogens with one attached hydrogen (secondary N) is 2. The van der Waals surface area contributed by atoms with Crippen molar-refractivity contribution in [2.24, 2.45) is 0 Å². The van der Waals surface area contributed by atoms with E-state index in [-0.39, 0.29) is 5.91 Å². The maximum atomic E-state index is 12.2. The lowest BCUT2D eigenvalue weighted by atomic mass is 10.0. The van der Waals surface area contributed by atoms with Crippen LogP contribution < -0.4 is 20.1 Å². The number of anilines is 1. The van der Waals surface area contributed by atoms with Gasteiger partial charge >= 0.3 is 0 Å². The molecule has 31 heavy (non-hydrogen) atoms. The molecule has 7 nitrogen and oxygen atoms in total. The van der Waals surface area contributed by atoms with Gasteiger partial charge in [0.25, 0.3) is 0 Å². The second-order valence-corrected chi connectivity index (χ2v) is 9.47. The van der Waals surface area contributed by atoms with E-state index in [0.29, 0.717) is 42.3 Å². The first kappa shape index (κ1) is 22.4. The highest BCUT2D eigenvalue weighted by molar-refractivity contribution is 7.14. The highest BCUT2D eigenvalue weighted by atomic mass is 35.5. The van der Waals surface area contributed by atoms with Crippen molar-refractivity contribution in [2.75, 3.05) is 38.1 Å². The number of likely N-dealkylation sites (tertiary alicyclic amines) is 1. The van der Waals surface area contributed by atoms with E-state index < -0.39 is 12.2 Å². The van der Waals surface area contributed by atoms with Gasteiger partial charge in [0.15, 0.2) is 17.6 Å². The lowest BCUT2D eigenvalue weighted by Gasteiger charge is -2.34. The number of aryl methyl sites for hydroxylation is 1. The molecule has 3 N–H and O–H groups in total. The van der Waals surface area contributed by atoms with Crippen LogP contribution >= 0.6 is 22.9 Å². The monoisotopic (exact) mass is 465 g/mol. The summed E-state index contributed by atoms with van der Waals surface area (Å²) in [4.78, 5) is 14.4. The molecule has 2 unspecified atom stereocenters. The number of fused-ring (bicyclic) bond motifs is 1. The van der Waals surface area contributed by atoms with Gasteiger partial charge in [-0.25, -0.2) is 0 Å². The summed E-state index contributed by atoms with van der Waals surface area (Å²) >= 11 is 7.56. The van der Waals surface area contributed by atoms with Crippen LogP contribution in [0.4, 0.5) is 5.00 Å². The summed E-state index contributed by atoms with van der Waals surface area (Å²) in [6.07, 6.45) is 0.727. The van der Waals surface area contributed by atoms with Crippen LogP contribution in [0.2, 0.25) is 5.02 Å². The number of amides is 1. The molecule has 0 radical (unpaired) electrons. The number of thiophene rings is 1. The topological polar surface area (TPSA) is 83.1 Å². The molecule has 2 atom stereocenters. The molecule has 3 heterocycles. The van der Waals surface area contributed by atoms with Gasteiger partial charge in [-0.3, -0.25) is 9.69 Å². The van der Waals surface area contributed by atoms with Crippen LogP contribution in [0.15, 0.2) is 29.6 Å². The minimum Gasteiger partial charge on any atom is -0.486 e. The predicted octanol–water partition coefficient (Wildman–Crippen LogP) is 2.90. The Kier molecular flexibility index (Phi) is 7.35. The lowest BCUT2D eigenvalue weighted by Crippen LogP contribution is -2.50. The molecule has 2 aliphatic heterocycles. The minimum atomic E-state index is -0.690. The summed E-state index contributed by atoms with van der Waals surface area (Å²) in [5.41, 5.74) is 1.16. The van der Waals surface area contributed by atoms with Gasteiger partial charge in [0.05, 0.1) is 11.5 Å². The zero-order valence-corrected chi connectivity index (χ0v) is 19.0. The van der Waals surface area contributed by atoms with Crippen LogP contribution in [0.1, 0.15) is 18.4 Å². The van der Waals surface area contributed by atoms with E-state index in [1.165, 1.54) is 0 Å². The predicted molar refractivity (Wildman–Crippen MR) is 123 cm³/mol. The van der Waals surface area contributed by atoms with E-state index in [1.807, 2.05) is 18.4 Å². The van der Waals surface area contributed by atoms with E-state index in [1.54, 1.807) is 29.5 Å². The van der Waals surface area contributed by atoms with Crippen LogP contribution in [0, 0.1) is 6.92 Å². The normalized spacial score (nSPS) is 20.4. The highest BCUT2D eigenvalue weighted by Gasteiger charge is 2.29. The number of nitrogens with zero attached hydrogens (tertiary/aromatic N) is 1. The molecule has 9 heteroatoms. The third-order valence-corrected chi connectivity index (χ3v) is 6.78. The van der Waals surface area contributed by atoms with Crippen molar-refractivity contribution in [3.63, 3.8) is 0 Å². The molecule has 0 spiro atoms. The average Bonchev–Trinajstić information content (AvgIpc) is 3.16. The molecule has 1 amide bonds. The molecule has 1 aromatic heterocycles. The van der Waals surface area contributed by atoms with E-state index in [2.05, 4.69) is 15.5 Å². The number of aliphatic hydroxyl groups excluding tert-OH is 1. The molecule has 1 fully saturated rings. The smallest absolute Gasteiger partial charge is 0.239 e. The SMILES string of the molecule is Cc1csc(NC(=O)CN2CCC(NCC(O)C3COc4ccc(Cl)cc4O3)CC2)c1. The summed E-state index contributed by atoms with van der Waals surface area (Å²) < 4.78 is 11.6. The maximum absolute atomic E-state index is 12.2. The van der Waals surface area contributed by atoms with Crippen molar-refractivity contribution >= 4 is 33.8 Å². The molecule has 4 rings (SSSR count). The standard InChI is InChI=1S/C22H28ClN3O4S/c1-14-8-22(31-13-14)25-21(28)11-26-6-4-16(5-7-26)24-10-17(27)20-12-29-18-3-2-15(23)9-19(18)30-20/h2-3,8-9,13,16-17,20,24,27H,4-7,10-12H2,1H3,(H,25,28). The van der Waals surface area contributed by atoms with E-state index in [0.717, 1.165) is 36.5 Å². The Balaban J connectivity index is 1.16. The van der Waals surface area contributed by atoms with Gasteiger partial charge in [0, 0.05) is 36.8 Å². The number of piperidine rings is 1. The Morgan fingerprint density at radius 2 is 2.13 bits per heavy atom. The molecule has 0 bridgehead atoms. The zero-order chi connectivity index (χ0) is 21.8. The van der Waals surface area contributed by atoms with E-state index >= 15 is 0 Å². The van der Waals surface area contributed by atoms with Gasteiger partial charge in [-0.1, -0.05) is 11.6 Å². The summed E-state index contributed by atoms with van der Waals surface area (Å²) in [6.45, 7) is 4.84. The molecular formula is C22H28ClN3O4S. The van der Waals surface area contributed by atoms with E-state index in [9.17, 15) is 9.90 Å².